The molecule has 0 amide bonds. The Hall–Kier alpha value is -1.10. The minimum absolute atomic E-state index is 0.104. The monoisotopic (exact) mass is 323 g/mol. The number of hydrogen-bond acceptors (Lipinski definition) is 4. The minimum atomic E-state index is 0.104. The number of nitrogens with one attached hydrogen (secondary N) is 1. The fourth-order valence-corrected chi connectivity index (χ4v) is 2.88. The molecule has 0 fully saturated rings. The first kappa shape index (κ1) is 16.3. The highest BCUT2D eigenvalue weighted by molar-refractivity contribution is 7.07. The third kappa shape index (κ3) is 4.99. The van der Waals surface area contributed by atoms with E-state index in [1.54, 1.807) is 11.3 Å². The first-order valence-electron chi connectivity index (χ1n) is 6.97. The number of thiazole rings is 1. The molecule has 0 saturated carbocycles. The van der Waals surface area contributed by atoms with Crippen molar-refractivity contribution in [3.05, 3.63) is 45.4 Å². The maximum atomic E-state index is 6.43. The highest BCUT2D eigenvalue weighted by Crippen LogP contribution is 2.27. The molecule has 21 heavy (non-hydrogen) atoms. The molecule has 0 aliphatic carbocycles. The van der Waals surface area contributed by atoms with Crippen molar-refractivity contribution in [2.24, 2.45) is 0 Å². The Morgan fingerprint density at radius 2 is 2.10 bits per heavy atom. The van der Waals surface area contributed by atoms with Gasteiger partial charge in [-0.3, -0.25) is 0 Å². The lowest BCUT2D eigenvalue weighted by atomic mass is 10.1. The molecule has 0 saturated heterocycles. The van der Waals surface area contributed by atoms with Gasteiger partial charge in [0, 0.05) is 24.5 Å². The van der Waals surface area contributed by atoms with Crippen LogP contribution in [0.1, 0.15) is 32.0 Å². The third-order valence-corrected chi connectivity index (χ3v) is 4.07. The summed E-state index contributed by atoms with van der Waals surface area (Å²) in [6, 6.07) is 6.24. The van der Waals surface area contributed by atoms with Gasteiger partial charge in [0.2, 0.25) is 0 Å². The second kappa shape index (κ2) is 6.77. The van der Waals surface area contributed by atoms with Crippen molar-refractivity contribution in [3.8, 4) is 0 Å². The topological polar surface area (TPSA) is 28.2 Å². The molecule has 1 aromatic heterocycles. The summed E-state index contributed by atoms with van der Waals surface area (Å²) in [6.45, 7) is 8.06. The number of rotatable bonds is 5. The molecule has 5 heteroatoms. The molecule has 0 aliphatic heterocycles. The molecule has 2 aromatic rings. The number of benzene rings is 1. The zero-order valence-electron chi connectivity index (χ0n) is 13.0. The van der Waals surface area contributed by atoms with E-state index in [-0.39, 0.29) is 5.54 Å². The predicted molar refractivity (Wildman–Crippen MR) is 92.3 cm³/mol. The lowest BCUT2D eigenvalue weighted by Gasteiger charge is -2.22. The van der Waals surface area contributed by atoms with Gasteiger partial charge in [0.25, 0.3) is 0 Å². The van der Waals surface area contributed by atoms with Crippen LogP contribution in [0.5, 0.6) is 0 Å². The van der Waals surface area contributed by atoms with Gasteiger partial charge in [-0.15, -0.1) is 11.3 Å². The van der Waals surface area contributed by atoms with E-state index in [1.165, 1.54) is 5.56 Å². The van der Waals surface area contributed by atoms with E-state index in [1.807, 2.05) is 18.6 Å². The maximum Gasteiger partial charge on any atom is 0.0795 e. The van der Waals surface area contributed by atoms with Crippen LogP contribution in [-0.2, 0) is 13.1 Å². The number of anilines is 1. The number of nitrogens with zero attached hydrogens (tertiary/aromatic N) is 2. The van der Waals surface area contributed by atoms with Gasteiger partial charge >= 0.3 is 0 Å². The molecule has 0 aliphatic rings. The normalized spacial score (nSPS) is 11.7. The maximum absolute atomic E-state index is 6.43. The smallest absolute Gasteiger partial charge is 0.0795 e. The molecule has 0 atom stereocenters. The summed E-state index contributed by atoms with van der Waals surface area (Å²) < 4.78 is 0. The predicted octanol–water partition coefficient (Wildman–Crippen LogP) is 4.32. The van der Waals surface area contributed by atoms with Crippen LogP contribution in [-0.4, -0.2) is 17.6 Å². The second-order valence-electron chi connectivity index (χ2n) is 6.23. The first-order valence-corrected chi connectivity index (χ1v) is 8.29. The van der Waals surface area contributed by atoms with Crippen LogP contribution in [0.2, 0.25) is 5.02 Å². The Balaban J connectivity index is 2.04. The van der Waals surface area contributed by atoms with Crippen LogP contribution < -0.4 is 10.2 Å². The summed E-state index contributed by atoms with van der Waals surface area (Å²) in [5.74, 6) is 0. The van der Waals surface area contributed by atoms with Crippen molar-refractivity contribution in [3.63, 3.8) is 0 Å². The lowest BCUT2D eigenvalue weighted by Crippen LogP contribution is -2.35. The summed E-state index contributed by atoms with van der Waals surface area (Å²) in [5, 5.41) is 6.31. The molecular weight excluding hydrogens is 302 g/mol. The standard InChI is InChI=1S/C16H22ClN3S/c1-16(2,3)19-8-12-5-6-15(14(17)7-12)20(4)9-13-10-21-11-18-13/h5-7,10-11,19H,8-9H2,1-4H3. The van der Waals surface area contributed by atoms with E-state index < -0.39 is 0 Å². The molecule has 2 rings (SSSR count). The van der Waals surface area contributed by atoms with E-state index in [0.29, 0.717) is 0 Å². The molecule has 0 spiro atoms. The summed E-state index contributed by atoms with van der Waals surface area (Å²) >= 11 is 8.04. The Kier molecular flexibility index (Phi) is 5.25. The fourth-order valence-electron chi connectivity index (χ4n) is 1.98. The van der Waals surface area contributed by atoms with Crippen molar-refractivity contribution >= 4 is 28.6 Å². The zero-order chi connectivity index (χ0) is 15.5. The van der Waals surface area contributed by atoms with E-state index in [9.17, 15) is 0 Å². The number of hydrogen-bond donors (Lipinski definition) is 1. The molecule has 1 N–H and O–H groups in total. The van der Waals surface area contributed by atoms with Gasteiger partial charge < -0.3 is 10.2 Å². The molecule has 0 radical (unpaired) electrons. The van der Waals surface area contributed by atoms with Gasteiger partial charge in [-0.2, -0.15) is 0 Å². The van der Waals surface area contributed by atoms with Gasteiger partial charge in [0.15, 0.2) is 0 Å². The van der Waals surface area contributed by atoms with Crippen LogP contribution in [0, 0.1) is 0 Å². The van der Waals surface area contributed by atoms with Crippen LogP contribution in [0.3, 0.4) is 0 Å². The summed E-state index contributed by atoms with van der Waals surface area (Å²) in [6.07, 6.45) is 0. The van der Waals surface area contributed by atoms with E-state index >= 15 is 0 Å². The Labute approximate surface area is 136 Å². The SMILES string of the molecule is CN(Cc1cscn1)c1ccc(CNC(C)(C)C)cc1Cl. The quantitative estimate of drug-likeness (QED) is 0.888. The summed E-state index contributed by atoms with van der Waals surface area (Å²) in [7, 11) is 2.04. The third-order valence-electron chi connectivity index (χ3n) is 3.13. The molecule has 114 valence electrons. The average Bonchev–Trinajstić information content (AvgIpc) is 2.88. The highest BCUT2D eigenvalue weighted by Gasteiger charge is 2.11. The molecule has 0 bridgehead atoms. The van der Waals surface area contributed by atoms with E-state index in [2.05, 4.69) is 53.5 Å². The minimum Gasteiger partial charge on any atom is -0.367 e. The number of aromatic nitrogens is 1. The molecule has 3 nitrogen and oxygen atoms in total. The molecule has 1 heterocycles. The van der Waals surface area contributed by atoms with Crippen molar-refractivity contribution in [2.75, 3.05) is 11.9 Å². The van der Waals surface area contributed by atoms with E-state index in [0.717, 1.165) is 29.5 Å². The highest BCUT2D eigenvalue weighted by atomic mass is 35.5. The molecule has 1 aromatic carbocycles. The van der Waals surface area contributed by atoms with Crippen molar-refractivity contribution in [1.29, 1.82) is 0 Å². The van der Waals surface area contributed by atoms with Crippen LogP contribution in [0.4, 0.5) is 5.69 Å². The van der Waals surface area contributed by atoms with Crippen molar-refractivity contribution < 1.29 is 0 Å². The van der Waals surface area contributed by atoms with Crippen LogP contribution in [0.25, 0.3) is 0 Å². The summed E-state index contributed by atoms with van der Waals surface area (Å²) in [5.41, 5.74) is 5.25. The van der Waals surface area contributed by atoms with Gasteiger partial charge in [-0.05, 0) is 38.5 Å². The second-order valence-corrected chi connectivity index (χ2v) is 7.35. The largest absolute Gasteiger partial charge is 0.367 e. The molecule has 0 unspecified atom stereocenters. The Morgan fingerprint density at radius 1 is 1.33 bits per heavy atom. The number of halogens is 1. The fraction of sp³-hybridized carbons (Fsp3) is 0.438. The molecular formula is C16H22ClN3S. The van der Waals surface area contributed by atoms with Gasteiger partial charge in [0.1, 0.15) is 0 Å². The Morgan fingerprint density at radius 3 is 2.67 bits per heavy atom. The Bertz CT molecular complexity index is 576. The van der Waals surface area contributed by atoms with Crippen LogP contribution >= 0.6 is 22.9 Å². The van der Waals surface area contributed by atoms with Gasteiger partial charge in [0.05, 0.1) is 28.5 Å². The van der Waals surface area contributed by atoms with E-state index in [4.69, 9.17) is 11.6 Å². The van der Waals surface area contributed by atoms with Crippen LogP contribution in [0.15, 0.2) is 29.1 Å². The average molecular weight is 324 g/mol. The van der Waals surface area contributed by atoms with Gasteiger partial charge in [-0.25, -0.2) is 4.98 Å². The lowest BCUT2D eigenvalue weighted by molar-refractivity contribution is 0.424. The first-order chi connectivity index (χ1) is 9.85. The van der Waals surface area contributed by atoms with Crippen molar-refractivity contribution in [1.82, 2.24) is 10.3 Å². The zero-order valence-corrected chi connectivity index (χ0v) is 14.6. The van der Waals surface area contributed by atoms with Crippen molar-refractivity contribution in [2.45, 2.75) is 39.4 Å². The van der Waals surface area contributed by atoms with Gasteiger partial charge in [-0.1, -0.05) is 17.7 Å². The summed E-state index contributed by atoms with van der Waals surface area (Å²) in [4.78, 5) is 6.43.